The number of benzene rings is 5. The van der Waals surface area contributed by atoms with Crippen molar-refractivity contribution < 1.29 is 14.3 Å². The van der Waals surface area contributed by atoms with Crippen LogP contribution < -0.4 is 15.5 Å². The normalized spacial score (nSPS) is 11.0. The molecular weight excluding hydrogens is 450 g/mol. The summed E-state index contributed by atoms with van der Waals surface area (Å²) in [4.78, 5) is 24.9. The first-order valence-electron chi connectivity index (χ1n) is 11.5. The Hall–Kier alpha value is -4.97. The molecule has 0 bridgehead atoms. The minimum atomic E-state index is -0.417. The van der Waals surface area contributed by atoms with Crippen molar-refractivity contribution in [1.29, 1.82) is 0 Å². The van der Waals surface area contributed by atoms with E-state index >= 15 is 0 Å². The summed E-state index contributed by atoms with van der Waals surface area (Å²) in [5, 5.41) is 11.2. The highest BCUT2D eigenvalue weighted by Crippen LogP contribution is 2.23. The van der Waals surface area contributed by atoms with Crippen molar-refractivity contribution in [2.24, 2.45) is 5.10 Å². The molecule has 0 atom stereocenters. The number of carbonyl (C=O) groups is 2. The van der Waals surface area contributed by atoms with Gasteiger partial charge in [-0.25, -0.2) is 10.2 Å². The Morgan fingerprint density at radius 1 is 0.722 bits per heavy atom. The molecule has 0 saturated heterocycles. The van der Waals surface area contributed by atoms with Gasteiger partial charge in [0.2, 0.25) is 0 Å². The van der Waals surface area contributed by atoms with E-state index < -0.39 is 5.97 Å². The van der Waals surface area contributed by atoms with E-state index in [4.69, 9.17) is 4.74 Å². The number of rotatable bonds is 7. The number of amides is 1. The van der Waals surface area contributed by atoms with Crippen LogP contribution >= 0.6 is 0 Å². The number of fused-ring (bicyclic) bond motifs is 2. The van der Waals surface area contributed by atoms with Crippen LogP contribution in [-0.2, 0) is 4.79 Å². The Morgan fingerprint density at radius 2 is 1.36 bits per heavy atom. The third-order valence-corrected chi connectivity index (χ3v) is 5.73. The Morgan fingerprint density at radius 3 is 2.14 bits per heavy atom. The minimum absolute atomic E-state index is 0.0917. The van der Waals surface area contributed by atoms with Crippen molar-refractivity contribution >= 4 is 45.3 Å². The van der Waals surface area contributed by atoms with Crippen molar-refractivity contribution in [2.45, 2.75) is 0 Å². The van der Waals surface area contributed by atoms with Crippen molar-refractivity contribution in [3.05, 3.63) is 120 Å². The van der Waals surface area contributed by atoms with Gasteiger partial charge in [-0.3, -0.25) is 4.79 Å². The van der Waals surface area contributed by atoms with Gasteiger partial charge in [0, 0.05) is 11.1 Å². The largest absolute Gasteiger partial charge is 0.423 e. The molecule has 0 aromatic heterocycles. The van der Waals surface area contributed by atoms with Crippen molar-refractivity contribution in [3.8, 4) is 5.75 Å². The van der Waals surface area contributed by atoms with E-state index in [1.54, 1.807) is 30.3 Å². The minimum Gasteiger partial charge on any atom is -0.423 e. The predicted octanol–water partition coefficient (Wildman–Crippen LogP) is 5.77. The molecule has 0 fully saturated rings. The molecule has 1 amide bonds. The Kier molecular flexibility index (Phi) is 6.67. The zero-order chi connectivity index (χ0) is 24.7. The monoisotopic (exact) mass is 473 g/mol. The lowest BCUT2D eigenvalue weighted by atomic mass is 10.0. The van der Waals surface area contributed by atoms with Crippen LogP contribution in [0.15, 0.2) is 114 Å². The average Bonchev–Trinajstić information content (AvgIpc) is 2.92. The second-order valence-electron chi connectivity index (χ2n) is 8.16. The molecule has 36 heavy (non-hydrogen) atoms. The van der Waals surface area contributed by atoms with E-state index in [1.807, 2.05) is 78.9 Å². The third-order valence-electron chi connectivity index (χ3n) is 5.73. The summed E-state index contributed by atoms with van der Waals surface area (Å²) >= 11 is 0. The average molecular weight is 474 g/mol. The number of hydrogen-bond donors (Lipinski definition) is 2. The molecule has 0 unspecified atom stereocenters. The lowest BCUT2D eigenvalue weighted by Crippen LogP contribution is -2.25. The molecule has 5 aromatic carbocycles. The van der Waals surface area contributed by atoms with Gasteiger partial charge in [0.15, 0.2) is 0 Å². The zero-order valence-corrected chi connectivity index (χ0v) is 19.3. The Bertz CT molecular complexity index is 1570. The molecule has 0 aliphatic carbocycles. The van der Waals surface area contributed by atoms with Crippen molar-refractivity contribution in [3.63, 3.8) is 0 Å². The first kappa shape index (κ1) is 22.8. The highest BCUT2D eigenvalue weighted by Gasteiger charge is 2.12. The maximum absolute atomic E-state index is 12.7. The van der Waals surface area contributed by atoms with E-state index in [0.29, 0.717) is 11.3 Å². The van der Waals surface area contributed by atoms with Gasteiger partial charge in [-0.1, -0.05) is 72.8 Å². The van der Waals surface area contributed by atoms with Crippen LogP contribution in [0.2, 0.25) is 0 Å². The van der Waals surface area contributed by atoms with Crippen LogP contribution in [0.5, 0.6) is 5.75 Å². The molecule has 0 aliphatic rings. The smallest absolute Gasteiger partial charge is 0.344 e. The molecule has 6 heteroatoms. The SMILES string of the molecule is O=C(CNc1cccc2ccccc12)NN=Cc1ccc(OC(=O)c2cccc3ccccc23)cc1. The fourth-order valence-electron chi connectivity index (χ4n) is 3.96. The number of nitrogens with one attached hydrogen (secondary N) is 2. The highest BCUT2D eigenvalue weighted by atomic mass is 16.5. The van der Waals surface area contributed by atoms with Gasteiger partial charge in [-0.2, -0.15) is 5.10 Å². The molecule has 5 rings (SSSR count). The number of carbonyl (C=O) groups excluding carboxylic acids is 2. The van der Waals surface area contributed by atoms with Crippen LogP contribution in [0.1, 0.15) is 15.9 Å². The first-order chi connectivity index (χ1) is 17.7. The van der Waals surface area contributed by atoms with Gasteiger partial charge in [0.05, 0.1) is 18.3 Å². The summed E-state index contributed by atoms with van der Waals surface area (Å²) in [6, 6.07) is 34.0. The van der Waals surface area contributed by atoms with Crippen LogP contribution in [0.3, 0.4) is 0 Å². The van der Waals surface area contributed by atoms with Gasteiger partial charge in [-0.05, 0) is 58.1 Å². The van der Waals surface area contributed by atoms with E-state index in [1.165, 1.54) is 6.21 Å². The summed E-state index contributed by atoms with van der Waals surface area (Å²) < 4.78 is 5.55. The van der Waals surface area contributed by atoms with Crippen LogP contribution in [0.25, 0.3) is 21.5 Å². The molecule has 176 valence electrons. The summed E-state index contributed by atoms with van der Waals surface area (Å²) in [6.45, 7) is 0.0917. The fraction of sp³-hybridized carbons (Fsp3) is 0.0333. The maximum Gasteiger partial charge on any atom is 0.344 e. The van der Waals surface area contributed by atoms with E-state index in [-0.39, 0.29) is 12.5 Å². The number of nitrogens with zero attached hydrogens (tertiary/aromatic N) is 1. The van der Waals surface area contributed by atoms with Gasteiger partial charge >= 0.3 is 5.97 Å². The van der Waals surface area contributed by atoms with Gasteiger partial charge in [0.1, 0.15) is 5.75 Å². The zero-order valence-electron chi connectivity index (χ0n) is 19.3. The number of hydrogen-bond acceptors (Lipinski definition) is 5. The van der Waals surface area contributed by atoms with E-state index in [0.717, 1.165) is 32.8 Å². The molecule has 6 nitrogen and oxygen atoms in total. The highest BCUT2D eigenvalue weighted by molar-refractivity contribution is 6.05. The summed E-state index contributed by atoms with van der Waals surface area (Å²) in [7, 11) is 0. The quantitative estimate of drug-likeness (QED) is 0.136. The maximum atomic E-state index is 12.7. The molecule has 0 saturated carbocycles. The molecule has 2 N–H and O–H groups in total. The number of hydrazone groups is 1. The molecule has 0 heterocycles. The summed E-state index contributed by atoms with van der Waals surface area (Å²) in [6.07, 6.45) is 1.53. The van der Waals surface area contributed by atoms with Gasteiger partial charge < -0.3 is 10.1 Å². The number of anilines is 1. The molecular formula is C30H23N3O3. The standard InChI is InChI=1S/C30H23N3O3/c34-29(20-31-28-14-6-10-23-8-2-4-12-26(23)28)33-32-19-21-15-17-24(18-16-21)36-30(35)27-13-5-9-22-7-1-3-11-25(22)27/h1-19,31H,20H2,(H,33,34). The van der Waals surface area contributed by atoms with Gasteiger partial charge in [-0.15, -0.1) is 0 Å². The van der Waals surface area contributed by atoms with Gasteiger partial charge in [0.25, 0.3) is 5.91 Å². The van der Waals surface area contributed by atoms with Crippen LogP contribution in [0.4, 0.5) is 5.69 Å². The fourth-order valence-corrected chi connectivity index (χ4v) is 3.96. The molecule has 0 aliphatic heterocycles. The van der Waals surface area contributed by atoms with E-state index in [2.05, 4.69) is 15.8 Å². The molecule has 0 spiro atoms. The second-order valence-corrected chi connectivity index (χ2v) is 8.16. The summed E-state index contributed by atoms with van der Waals surface area (Å²) in [5.41, 5.74) is 4.67. The Labute approximate surface area is 208 Å². The topological polar surface area (TPSA) is 79.8 Å². The number of esters is 1. The summed E-state index contributed by atoms with van der Waals surface area (Å²) in [5.74, 6) is -0.257. The molecule has 0 radical (unpaired) electrons. The van der Waals surface area contributed by atoms with Crippen LogP contribution in [0, 0.1) is 0 Å². The first-order valence-corrected chi connectivity index (χ1v) is 11.5. The lowest BCUT2D eigenvalue weighted by Gasteiger charge is -2.09. The second kappa shape index (κ2) is 10.5. The van der Waals surface area contributed by atoms with Crippen molar-refractivity contribution in [2.75, 3.05) is 11.9 Å². The van der Waals surface area contributed by atoms with Crippen LogP contribution in [-0.4, -0.2) is 24.6 Å². The van der Waals surface area contributed by atoms with E-state index in [9.17, 15) is 9.59 Å². The molecule has 5 aromatic rings. The van der Waals surface area contributed by atoms with Crippen molar-refractivity contribution in [1.82, 2.24) is 5.43 Å². The third kappa shape index (κ3) is 5.23. The predicted molar refractivity (Wildman–Crippen MR) is 144 cm³/mol. The number of ether oxygens (including phenoxy) is 1. The lowest BCUT2D eigenvalue weighted by molar-refractivity contribution is -0.119. The Balaban J connectivity index is 1.15.